The van der Waals surface area contributed by atoms with Gasteiger partial charge in [-0.15, -0.1) is 0 Å². The SMILES string of the molecule is O=C(NCC(O)c1ccco1)Nc1cccc(COCCOc2ccccc2)c1. The molecular weight excluding hydrogens is 372 g/mol. The minimum atomic E-state index is -0.895. The number of ether oxygens (including phenoxy) is 2. The van der Waals surface area contributed by atoms with Crippen LogP contribution in [-0.2, 0) is 11.3 Å². The smallest absolute Gasteiger partial charge is 0.319 e. The molecule has 1 aromatic heterocycles. The molecule has 1 unspecified atom stereocenters. The maximum absolute atomic E-state index is 12.0. The molecule has 3 rings (SSSR count). The van der Waals surface area contributed by atoms with Gasteiger partial charge in [0, 0.05) is 5.69 Å². The first kappa shape index (κ1) is 20.4. The Hall–Kier alpha value is -3.29. The summed E-state index contributed by atoms with van der Waals surface area (Å²) in [6.45, 7) is 1.37. The monoisotopic (exact) mass is 396 g/mol. The van der Waals surface area contributed by atoms with Crippen LogP contribution in [0.15, 0.2) is 77.4 Å². The molecule has 0 bridgehead atoms. The molecule has 2 amide bonds. The summed E-state index contributed by atoms with van der Waals surface area (Å²) in [5.74, 6) is 1.21. The van der Waals surface area contributed by atoms with Crippen LogP contribution in [0.25, 0.3) is 0 Å². The maximum atomic E-state index is 12.0. The molecule has 0 spiro atoms. The fourth-order valence-corrected chi connectivity index (χ4v) is 2.61. The van der Waals surface area contributed by atoms with Crippen molar-refractivity contribution in [1.82, 2.24) is 5.32 Å². The summed E-state index contributed by atoms with van der Waals surface area (Å²) in [5, 5.41) is 15.3. The summed E-state index contributed by atoms with van der Waals surface area (Å²) < 4.78 is 16.3. The highest BCUT2D eigenvalue weighted by molar-refractivity contribution is 5.89. The first-order valence-corrected chi connectivity index (χ1v) is 9.31. The average molecular weight is 396 g/mol. The molecule has 0 aliphatic carbocycles. The molecule has 3 aromatic rings. The highest BCUT2D eigenvalue weighted by Crippen LogP contribution is 2.13. The zero-order chi connectivity index (χ0) is 20.3. The number of amides is 2. The van der Waals surface area contributed by atoms with Crippen LogP contribution in [0.4, 0.5) is 10.5 Å². The number of nitrogens with one attached hydrogen (secondary N) is 2. The Balaban J connectivity index is 1.36. The minimum absolute atomic E-state index is 0.0452. The first-order chi connectivity index (χ1) is 14.2. The highest BCUT2D eigenvalue weighted by Gasteiger charge is 2.12. The summed E-state index contributed by atoms with van der Waals surface area (Å²) in [5.41, 5.74) is 1.56. The number of carbonyl (C=O) groups is 1. The Morgan fingerprint density at radius 2 is 1.90 bits per heavy atom. The lowest BCUT2D eigenvalue weighted by atomic mass is 10.2. The molecular formula is C22H24N2O5. The number of carbonyl (C=O) groups excluding carboxylic acids is 1. The van der Waals surface area contributed by atoms with E-state index in [-0.39, 0.29) is 6.54 Å². The van der Waals surface area contributed by atoms with Gasteiger partial charge in [0.1, 0.15) is 24.2 Å². The molecule has 7 nitrogen and oxygen atoms in total. The van der Waals surface area contributed by atoms with Gasteiger partial charge in [0.25, 0.3) is 0 Å². The van der Waals surface area contributed by atoms with Crippen molar-refractivity contribution in [2.45, 2.75) is 12.7 Å². The molecule has 0 saturated heterocycles. The maximum Gasteiger partial charge on any atom is 0.319 e. The molecule has 2 aromatic carbocycles. The van der Waals surface area contributed by atoms with Crippen LogP contribution >= 0.6 is 0 Å². The Morgan fingerprint density at radius 3 is 2.69 bits per heavy atom. The Labute approximate surface area is 169 Å². The third kappa shape index (κ3) is 6.99. The summed E-state index contributed by atoms with van der Waals surface area (Å²) in [7, 11) is 0. The predicted molar refractivity (Wildman–Crippen MR) is 109 cm³/mol. The second-order valence-electron chi connectivity index (χ2n) is 6.28. The standard InChI is InChI=1S/C22H24N2O5/c25-20(21-10-5-11-29-21)15-23-22(26)24-18-7-4-6-17(14-18)16-27-12-13-28-19-8-2-1-3-9-19/h1-11,14,20,25H,12-13,15-16H2,(H2,23,24,26). The number of rotatable bonds is 10. The van der Waals surface area contributed by atoms with Gasteiger partial charge in [-0.3, -0.25) is 0 Å². The Kier molecular flexibility index (Phi) is 7.68. The van der Waals surface area contributed by atoms with Crippen molar-refractivity contribution < 1.29 is 23.8 Å². The van der Waals surface area contributed by atoms with Crippen molar-refractivity contribution >= 4 is 11.7 Å². The molecule has 7 heteroatoms. The third-order valence-electron chi connectivity index (χ3n) is 4.02. The summed E-state index contributed by atoms with van der Waals surface area (Å²) in [4.78, 5) is 12.0. The van der Waals surface area contributed by atoms with Gasteiger partial charge in [0.2, 0.25) is 0 Å². The van der Waals surface area contributed by atoms with Gasteiger partial charge in [-0.2, -0.15) is 0 Å². The van der Waals surface area contributed by atoms with Gasteiger partial charge in [-0.1, -0.05) is 30.3 Å². The summed E-state index contributed by atoms with van der Waals surface area (Å²) >= 11 is 0. The number of urea groups is 1. The number of anilines is 1. The first-order valence-electron chi connectivity index (χ1n) is 9.31. The van der Waals surface area contributed by atoms with E-state index in [9.17, 15) is 9.90 Å². The van der Waals surface area contributed by atoms with Crippen LogP contribution in [0.5, 0.6) is 5.75 Å². The van der Waals surface area contributed by atoms with Gasteiger partial charge in [-0.25, -0.2) is 4.79 Å². The molecule has 29 heavy (non-hydrogen) atoms. The third-order valence-corrected chi connectivity index (χ3v) is 4.02. The van der Waals surface area contributed by atoms with E-state index in [4.69, 9.17) is 13.9 Å². The van der Waals surface area contributed by atoms with Crippen LogP contribution in [0.1, 0.15) is 17.4 Å². The van der Waals surface area contributed by atoms with Crippen LogP contribution in [0.3, 0.4) is 0 Å². The molecule has 0 radical (unpaired) electrons. The summed E-state index contributed by atoms with van der Waals surface area (Å²) in [6, 6.07) is 19.9. The van der Waals surface area contributed by atoms with E-state index in [1.165, 1.54) is 6.26 Å². The Morgan fingerprint density at radius 1 is 1.03 bits per heavy atom. The van der Waals surface area contributed by atoms with Crippen LogP contribution in [-0.4, -0.2) is 30.9 Å². The second kappa shape index (κ2) is 10.9. The number of aliphatic hydroxyl groups is 1. The molecule has 0 aliphatic rings. The van der Waals surface area contributed by atoms with Gasteiger partial charge in [0.15, 0.2) is 0 Å². The minimum Gasteiger partial charge on any atom is -0.491 e. The molecule has 1 atom stereocenters. The lowest BCUT2D eigenvalue weighted by molar-refractivity contribution is 0.0889. The van der Waals surface area contributed by atoms with E-state index < -0.39 is 12.1 Å². The van der Waals surface area contributed by atoms with Crippen molar-refractivity contribution in [3.8, 4) is 5.75 Å². The number of hydrogen-bond acceptors (Lipinski definition) is 5. The van der Waals surface area contributed by atoms with Gasteiger partial charge in [0.05, 0.1) is 26.0 Å². The average Bonchev–Trinajstić information content (AvgIpc) is 3.28. The lowest BCUT2D eigenvalue weighted by Crippen LogP contribution is -2.32. The van der Waals surface area contributed by atoms with Crippen molar-refractivity contribution in [3.05, 3.63) is 84.3 Å². The van der Waals surface area contributed by atoms with Crippen LogP contribution in [0, 0.1) is 0 Å². The normalized spacial score (nSPS) is 11.6. The number of furan rings is 1. The van der Waals surface area contributed by atoms with Crippen molar-refractivity contribution in [3.63, 3.8) is 0 Å². The molecule has 0 aliphatic heterocycles. The van der Waals surface area contributed by atoms with Gasteiger partial charge < -0.3 is 29.6 Å². The Bertz CT molecular complexity index is 868. The summed E-state index contributed by atoms with van der Waals surface area (Å²) in [6.07, 6.45) is 0.577. The number of aliphatic hydroxyl groups excluding tert-OH is 1. The van der Waals surface area contributed by atoms with E-state index in [0.717, 1.165) is 11.3 Å². The fourth-order valence-electron chi connectivity index (χ4n) is 2.61. The highest BCUT2D eigenvalue weighted by atomic mass is 16.5. The van der Waals surface area contributed by atoms with E-state index >= 15 is 0 Å². The molecule has 152 valence electrons. The van der Waals surface area contributed by atoms with Gasteiger partial charge >= 0.3 is 6.03 Å². The van der Waals surface area contributed by atoms with Crippen molar-refractivity contribution in [2.75, 3.05) is 25.1 Å². The molecule has 1 heterocycles. The van der Waals surface area contributed by atoms with E-state index in [2.05, 4.69) is 10.6 Å². The van der Waals surface area contributed by atoms with E-state index in [1.54, 1.807) is 18.2 Å². The molecule has 0 fully saturated rings. The zero-order valence-corrected chi connectivity index (χ0v) is 15.9. The number of para-hydroxylation sites is 1. The lowest BCUT2D eigenvalue weighted by Gasteiger charge is -2.12. The number of hydrogen-bond donors (Lipinski definition) is 3. The second-order valence-corrected chi connectivity index (χ2v) is 6.28. The molecule has 3 N–H and O–H groups in total. The van der Waals surface area contributed by atoms with Crippen molar-refractivity contribution in [2.24, 2.45) is 0 Å². The largest absolute Gasteiger partial charge is 0.491 e. The molecule has 0 saturated carbocycles. The fraction of sp³-hybridized carbons (Fsp3) is 0.227. The van der Waals surface area contributed by atoms with E-state index in [0.29, 0.717) is 31.3 Å². The quantitative estimate of drug-likeness (QED) is 0.454. The van der Waals surface area contributed by atoms with E-state index in [1.807, 2.05) is 48.5 Å². The predicted octanol–water partition coefficient (Wildman–Crippen LogP) is 3.73. The topological polar surface area (TPSA) is 93.0 Å². The van der Waals surface area contributed by atoms with Crippen LogP contribution in [0.2, 0.25) is 0 Å². The zero-order valence-electron chi connectivity index (χ0n) is 15.9. The number of benzene rings is 2. The van der Waals surface area contributed by atoms with Crippen molar-refractivity contribution in [1.29, 1.82) is 0 Å². The van der Waals surface area contributed by atoms with Crippen LogP contribution < -0.4 is 15.4 Å². The van der Waals surface area contributed by atoms with Gasteiger partial charge in [-0.05, 0) is 42.0 Å².